The van der Waals surface area contributed by atoms with Crippen LogP contribution in [0.5, 0.6) is 0 Å². The molecule has 0 bridgehead atoms. The molecule has 0 saturated carbocycles. The van der Waals surface area contributed by atoms with E-state index in [1.165, 1.54) is 6.08 Å². The molecule has 0 aromatic carbocycles. The van der Waals surface area contributed by atoms with Crippen LogP contribution in [0.2, 0.25) is 0 Å². The number of esters is 2. The molecule has 0 rings (SSSR count). The van der Waals surface area contributed by atoms with Crippen LogP contribution in [0, 0.1) is 0 Å². The van der Waals surface area contributed by atoms with E-state index < -0.39 is 0 Å². The zero-order valence-corrected chi connectivity index (χ0v) is 9.16. The van der Waals surface area contributed by atoms with Gasteiger partial charge in [0.25, 0.3) is 0 Å². The summed E-state index contributed by atoms with van der Waals surface area (Å²) in [5.41, 5.74) is 0. The Labute approximate surface area is 90.2 Å². The Morgan fingerprint density at radius 1 is 1.20 bits per heavy atom. The highest BCUT2D eigenvalue weighted by atomic mass is 16.5. The first-order chi connectivity index (χ1) is 7.20. The fourth-order valence-electron chi connectivity index (χ4n) is 0.903. The van der Waals surface area contributed by atoms with Gasteiger partial charge in [-0.2, -0.15) is 0 Å². The van der Waals surface area contributed by atoms with E-state index in [-0.39, 0.29) is 31.6 Å². The summed E-state index contributed by atoms with van der Waals surface area (Å²) in [6.07, 6.45) is 3.50. The van der Waals surface area contributed by atoms with Crippen LogP contribution in [0.15, 0.2) is 12.7 Å². The molecule has 0 aliphatic rings. The Bertz CT molecular complexity index is 211. The molecule has 0 aliphatic carbocycles. The van der Waals surface area contributed by atoms with E-state index >= 15 is 0 Å². The second-order valence-corrected chi connectivity index (χ2v) is 3.05. The fraction of sp³-hybridized carbons (Fsp3) is 0.636. The van der Waals surface area contributed by atoms with E-state index in [0.717, 1.165) is 6.42 Å². The van der Waals surface area contributed by atoms with Gasteiger partial charge in [-0.1, -0.05) is 19.6 Å². The maximum atomic E-state index is 11.0. The number of ether oxygens (including phenoxy) is 2. The number of rotatable bonds is 8. The van der Waals surface area contributed by atoms with Crippen LogP contribution in [-0.4, -0.2) is 25.2 Å². The molecular weight excluding hydrogens is 196 g/mol. The standard InChI is InChI=1S/C11H18O4/c1-3-6-10(12)15-9-5-7-11(13)14-8-4-2/h4H,2-3,5-9H2,1H3. The lowest BCUT2D eigenvalue weighted by Gasteiger charge is -2.03. The van der Waals surface area contributed by atoms with Crippen molar-refractivity contribution in [3.05, 3.63) is 12.7 Å². The van der Waals surface area contributed by atoms with Gasteiger partial charge in [0.05, 0.1) is 6.61 Å². The van der Waals surface area contributed by atoms with Crippen molar-refractivity contribution >= 4 is 11.9 Å². The van der Waals surface area contributed by atoms with E-state index in [0.29, 0.717) is 12.8 Å². The molecular formula is C11H18O4. The van der Waals surface area contributed by atoms with Crippen LogP contribution in [0.4, 0.5) is 0 Å². The number of hydrogen-bond donors (Lipinski definition) is 0. The summed E-state index contributed by atoms with van der Waals surface area (Å²) in [7, 11) is 0. The molecule has 0 heterocycles. The summed E-state index contributed by atoms with van der Waals surface area (Å²) < 4.78 is 9.62. The van der Waals surface area contributed by atoms with Gasteiger partial charge < -0.3 is 9.47 Å². The first kappa shape index (κ1) is 13.7. The summed E-state index contributed by atoms with van der Waals surface area (Å²) in [5.74, 6) is -0.501. The fourth-order valence-corrected chi connectivity index (χ4v) is 0.903. The van der Waals surface area contributed by atoms with Gasteiger partial charge in [-0.25, -0.2) is 0 Å². The molecule has 0 unspecified atom stereocenters. The normalized spacial score (nSPS) is 9.40. The van der Waals surface area contributed by atoms with Gasteiger partial charge in [-0.05, 0) is 12.8 Å². The second-order valence-electron chi connectivity index (χ2n) is 3.05. The van der Waals surface area contributed by atoms with Crippen LogP contribution < -0.4 is 0 Å². The number of carbonyl (C=O) groups is 2. The Morgan fingerprint density at radius 3 is 2.47 bits per heavy atom. The molecule has 0 atom stereocenters. The van der Waals surface area contributed by atoms with Gasteiger partial charge in [-0.15, -0.1) is 0 Å². The van der Waals surface area contributed by atoms with E-state index in [4.69, 9.17) is 9.47 Å². The van der Waals surface area contributed by atoms with Gasteiger partial charge in [0.2, 0.25) is 0 Å². The Morgan fingerprint density at radius 2 is 1.87 bits per heavy atom. The smallest absolute Gasteiger partial charge is 0.306 e. The van der Waals surface area contributed by atoms with Crippen LogP contribution in [0.1, 0.15) is 32.6 Å². The highest BCUT2D eigenvalue weighted by Gasteiger charge is 2.03. The average Bonchev–Trinajstić information content (AvgIpc) is 2.22. The molecule has 4 nitrogen and oxygen atoms in total. The SMILES string of the molecule is C=CCOC(=O)CCCOC(=O)CCC. The predicted octanol–water partition coefficient (Wildman–Crippen LogP) is 1.84. The summed E-state index contributed by atoms with van der Waals surface area (Å²) >= 11 is 0. The van der Waals surface area contributed by atoms with E-state index in [2.05, 4.69) is 6.58 Å². The average molecular weight is 214 g/mol. The molecule has 0 spiro atoms. The summed E-state index contributed by atoms with van der Waals surface area (Å²) in [5, 5.41) is 0. The van der Waals surface area contributed by atoms with Crippen molar-refractivity contribution in [1.29, 1.82) is 0 Å². The van der Waals surface area contributed by atoms with E-state index in [1.807, 2.05) is 6.92 Å². The van der Waals surface area contributed by atoms with Gasteiger partial charge in [0.15, 0.2) is 0 Å². The maximum Gasteiger partial charge on any atom is 0.306 e. The maximum absolute atomic E-state index is 11.0. The topological polar surface area (TPSA) is 52.6 Å². The van der Waals surface area contributed by atoms with Gasteiger partial charge >= 0.3 is 11.9 Å². The van der Waals surface area contributed by atoms with E-state index in [9.17, 15) is 9.59 Å². The molecule has 0 aliphatic heterocycles. The highest BCUT2D eigenvalue weighted by Crippen LogP contribution is 1.97. The third kappa shape index (κ3) is 9.00. The Hall–Kier alpha value is -1.32. The molecule has 0 radical (unpaired) electrons. The van der Waals surface area contributed by atoms with Crippen LogP contribution in [0.25, 0.3) is 0 Å². The third-order valence-electron chi connectivity index (χ3n) is 1.60. The largest absolute Gasteiger partial charge is 0.466 e. The third-order valence-corrected chi connectivity index (χ3v) is 1.60. The zero-order chi connectivity index (χ0) is 11.5. The summed E-state index contributed by atoms with van der Waals surface area (Å²) in [6.45, 7) is 5.85. The molecule has 0 aromatic heterocycles. The second kappa shape index (κ2) is 9.24. The Kier molecular flexibility index (Phi) is 8.43. The first-order valence-corrected chi connectivity index (χ1v) is 5.12. The van der Waals surface area contributed by atoms with Crippen molar-refractivity contribution in [2.24, 2.45) is 0 Å². The molecule has 0 aromatic rings. The van der Waals surface area contributed by atoms with Crippen molar-refractivity contribution in [2.45, 2.75) is 32.6 Å². The zero-order valence-electron chi connectivity index (χ0n) is 9.16. The van der Waals surface area contributed by atoms with Crippen molar-refractivity contribution < 1.29 is 19.1 Å². The summed E-state index contributed by atoms with van der Waals surface area (Å²) in [6, 6.07) is 0. The minimum atomic E-state index is -0.290. The van der Waals surface area contributed by atoms with Crippen molar-refractivity contribution in [1.82, 2.24) is 0 Å². The lowest BCUT2D eigenvalue weighted by molar-refractivity contribution is -0.147. The van der Waals surface area contributed by atoms with Crippen molar-refractivity contribution in [3.63, 3.8) is 0 Å². The number of carbonyl (C=O) groups excluding carboxylic acids is 2. The molecule has 0 fully saturated rings. The van der Waals surface area contributed by atoms with Gasteiger partial charge in [0, 0.05) is 12.8 Å². The monoisotopic (exact) mass is 214 g/mol. The van der Waals surface area contributed by atoms with Gasteiger partial charge in [0.1, 0.15) is 6.61 Å². The van der Waals surface area contributed by atoms with Crippen LogP contribution in [0.3, 0.4) is 0 Å². The lowest BCUT2D eigenvalue weighted by atomic mass is 10.3. The quantitative estimate of drug-likeness (QED) is 0.351. The highest BCUT2D eigenvalue weighted by molar-refractivity contribution is 5.70. The predicted molar refractivity (Wildman–Crippen MR) is 56.3 cm³/mol. The molecule has 15 heavy (non-hydrogen) atoms. The van der Waals surface area contributed by atoms with Crippen molar-refractivity contribution in [2.75, 3.05) is 13.2 Å². The minimum Gasteiger partial charge on any atom is -0.466 e. The van der Waals surface area contributed by atoms with Crippen LogP contribution >= 0.6 is 0 Å². The minimum absolute atomic E-state index is 0.211. The first-order valence-electron chi connectivity index (χ1n) is 5.12. The molecule has 0 saturated heterocycles. The van der Waals surface area contributed by atoms with Gasteiger partial charge in [-0.3, -0.25) is 9.59 Å². The van der Waals surface area contributed by atoms with Crippen molar-refractivity contribution in [3.8, 4) is 0 Å². The lowest BCUT2D eigenvalue weighted by Crippen LogP contribution is -2.09. The molecule has 0 amide bonds. The summed E-state index contributed by atoms with van der Waals surface area (Å²) in [4.78, 5) is 21.9. The molecule has 86 valence electrons. The van der Waals surface area contributed by atoms with E-state index in [1.54, 1.807) is 0 Å². The molecule has 0 N–H and O–H groups in total. The van der Waals surface area contributed by atoms with Crippen LogP contribution in [-0.2, 0) is 19.1 Å². The Balaban J connectivity index is 3.33. The number of hydrogen-bond acceptors (Lipinski definition) is 4. The molecule has 4 heteroatoms.